The normalized spacial score (nSPS) is 12.1. The highest BCUT2D eigenvalue weighted by Crippen LogP contribution is 2.35. The van der Waals surface area contributed by atoms with Crippen LogP contribution in [0.15, 0.2) is 53.6 Å². The first-order valence-electron chi connectivity index (χ1n) is 5.13. The van der Waals surface area contributed by atoms with Crippen molar-refractivity contribution >= 4 is 11.6 Å². The van der Waals surface area contributed by atoms with E-state index in [2.05, 4.69) is 5.11 Å². The molecule has 0 aliphatic carbocycles. The first-order valence-corrected chi connectivity index (χ1v) is 5.50. The smallest absolute Gasteiger partial charge is 0.134 e. The molecule has 0 aromatic heterocycles. The predicted molar refractivity (Wildman–Crippen MR) is 66.5 cm³/mol. The van der Waals surface area contributed by atoms with Crippen LogP contribution >= 0.6 is 11.6 Å². The maximum absolute atomic E-state index is 9.56. The van der Waals surface area contributed by atoms with E-state index in [1.165, 1.54) is 6.07 Å². The zero-order valence-electron chi connectivity index (χ0n) is 8.97. The lowest BCUT2D eigenvalue weighted by molar-refractivity contribution is 0.474. The largest absolute Gasteiger partial charge is 0.506 e. The summed E-state index contributed by atoms with van der Waals surface area (Å²) in [5.74, 6) is 0.00810. The minimum atomic E-state index is -0.476. The average molecular weight is 247 g/mol. The van der Waals surface area contributed by atoms with Crippen LogP contribution in [0.5, 0.6) is 5.75 Å². The number of phenols is 1. The molecule has 1 atom stereocenters. The monoisotopic (exact) mass is 246 g/mol. The highest BCUT2D eigenvalue weighted by atomic mass is 35.5. The van der Waals surface area contributed by atoms with E-state index >= 15 is 0 Å². The van der Waals surface area contributed by atoms with Crippen molar-refractivity contribution < 1.29 is 5.11 Å². The summed E-state index contributed by atoms with van der Waals surface area (Å²) in [5, 5.41) is 13.4. The van der Waals surface area contributed by atoms with Gasteiger partial charge in [-0.2, -0.15) is 5.11 Å². The molecule has 0 spiro atoms. The second kappa shape index (κ2) is 4.97. The van der Waals surface area contributed by atoms with Gasteiger partial charge in [0.05, 0.1) is 5.02 Å². The zero-order valence-corrected chi connectivity index (χ0v) is 9.72. The molecule has 3 nitrogen and oxygen atoms in total. The third-order valence-electron chi connectivity index (χ3n) is 2.55. The summed E-state index contributed by atoms with van der Waals surface area (Å²) in [7, 11) is 0. The van der Waals surface area contributed by atoms with Crippen molar-refractivity contribution in [1.82, 2.24) is 0 Å². The van der Waals surface area contributed by atoms with Crippen LogP contribution in [-0.4, -0.2) is 5.11 Å². The molecule has 0 saturated carbocycles. The van der Waals surface area contributed by atoms with Crippen LogP contribution in [0.4, 0.5) is 0 Å². The van der Waals surface area contributed by atoms with Crippen molar-refractivity contribution in [2.75, 3.05) is 0 Å². The number of rotatable bonds is 3. The standard InChI is InChI=1S/C13H11ClN2O/c14-12-10(7-4-8-11(12)17)13(16-15)9-5-2-1-3-6-9/h1-8,13,15,17H. The zero-order chi connectivity index (χ0) is 12.3. The van der Waals surface area contributed by atoms with Gasteiger partial charge in [0.2, 0.25) is 0 Å². The van der Waals surface area contributed by atoms with Gasteiger partial charge in [-0.1, -0.05) is 54.1 Å². The van der Waals surface area contributed by atoms with Crippen LogP contribution in [0.2, 0.25) is 5.02 Å². The highest BCUT2D eigenvalue weighted by Gasteiger charge is 2.17. The van der Waals surface area contributed by atoms with Gasteiger partial charge in [0, 0.05) is 5.56 Å². The summed E-state index contributed by atoms with van der Waals surface area (Å²) >= 11 is 6.02. The maximum Gasteiger partial charge on any atom is 0.134 e. The maximum atomic E-state index is 9.56. The van der Waals surface area contributed by atoms with E-state index in [1.54, 1.807) is 12.1 Å². The minimum absolute atomic E-state index is 0.00810. The summed E-state index contributed by atoms with van der Waals surface area (Å²) in [6.45, 7) is 0. The Morgan fingerprint density at radius 3 is 2.41 bits per heavy atom. The Bertz CT molecular complexity index is 528. The lowest BCUT2D eigenvalue weighted by Gasteiger charge is -2.13. The number of nitrogens with one attached hydrogen (secondary N) is 1. The molecule has 17 heavy (non-hydrogen) atoms. The van der Waals surface area contributed by atoms with Gasteiger partial charge in [-0.05, 0) is 11.6 Å². The molecule has 0 aliphatic rings. The molecule has 0 amide bonds. The fourth-order valence-electron chi connectivity index (χ4n) is 1.71. The number of halogens is 1. The molecule has 2 rings (SSSR count). The molecule has 0 bridgehead atoms. The lowest BCUT2D eigenvalue weighted by atomic mass is 9.99. The molecule has 0 fully saturated rings. The molecular weight excluding hydrogens is 236 g/mol. The second-order valence-electron chi connectivity index (χ2n) is 3.62. The molecule has 0 radical (unpaired) electrons. The Morgan fingerprint density at radius 1 is 1.06 bits per heavy atom. The summed E-state index contributed by atoms with van der Waals surface area (Å²) in [5.41, 5.74) is 8.79. The molecule has 86 valence electrons. The molecule has 2 aromatic rings. The van der Waals surface area contributed by atoms with Crippen LogP contribution in [0.25, 0.3) is 0 Å². The summed E-state index contributed by atoms with van der Waals surface area (Å²) in [6.07, 6.45) is 0. The van der Waals surface area contributed by atoms with Crippen molar-refractivity contribution in [2.24, 2.45) is 5.11 Å². The molecule has 0 aliphatic heterocycles. The lowest BCUT2D eigenvalue weighted by Crippen LogP contribution is -1.97. The van der Waals surface area contributed by atoms with Gasteiger partial charge in [-0.15, -0.1) is 0 Å². The van der Waals surface area contributed by atoms with E-state index in [0.29, 0.717) is 5.56 Å². The van der Waals surface area contributed by atoms with Gasteiger partial charge in [0.25, 0.3) is 0 Å². The summed E-state index contributed by atoms with van der Waals surface area (Å²) in [4.78, 5) is 0. The summed E-state index contributed by atoms with van der Waals surface area (Å²) < 4.78 is 0. The predicted octanol–water partition coefficient (Wildman–Crippen LogP) is 4.17. The Balaban J connectivity index is 2.50. The van der Waals surface area contributed by atoms with Gasteiger partial charge in [0.1, 0.15) is 11.8 Å². The quantitative estimate of drug-likeness (QED) is 0.785. The van der Waals surface area contributed by atoms with Crippen LogP contribution in [0.3, 0.4) is 0 Å². The first-order chi connectivity index (χ1) is 8.24. The van der Waals surface area contributed by atoms with Crippen LogP contribution < -0.4 is 0 Å². The number of benzene rings is 2. The van der Waals surface area contributed by atoms with E-state index in [4.69, 9.17) is 17.1 Å². The van der Waals surface area contributed by atoms with Gasteiger partial charge in [0.15, 0.2) is 0 Å². The van der Waals surface area contributed by atoms with Crippen molar-refractivity contribution in [1.29, 1.82) is 5.53 Å². The third-order valence-corrected chi connectivity index (χ3v) is 2.96. The van der Waals surface area contributed by atoms with E-state index in [1.807, 2.05) is 30.3 Å². The van der Waals surface area contributed by atoms with Crippen molar-refractivity contribution in [3.63, 3.8) is 0 Å². The minimum Gasteiger partial charge on any atom is -0.506 e. The summed E-state index contributed by atoms with van der Waals surface area (Å²) in [6, 6.07) is 13.9. The third kappa shape index (κ3) is 2.29. The second-order valence-corrected chi connectivity index (χ2v) is 4.00. The van der Waals surface area contributed by atoms with Gasteiger partial charge in [-0.3, -0.25) is 0 Å². The van der Waals surface area contributed by atoms with Crippen molar-refractivity contribution in [3.05, 3.63) is 64.7 Å². The molecule has 0 heterocycles. The number of hydrogen-bond donors (Lipinski definition) is 2. The Labute approximate surface area is 104 Å². The molecule has 1 unspecified atom stereocenters. The van der Waals surface area contributed by atoms with Crippen LogP contribution in [-0.2, 0) is 0 Å². The van der Waals surface area contributed by atoms with Gasteiger partial charge in [-0.25, -0.2) is 5.53 Å². The average Bonchev–Trinajstić information content (AvgIpc) is 2.37. The van der Waals surface area contributed by atoms with Crippen LogP contribution in [0.1, 0.15) is 17.2 Å². The Morgan fingerprint density at radius 2 is 1.76 bits per heavy atom. The van der Waals surface area contributed by atoms with E-state index in [9.17, 15) is 5.11 Å². The highest BCUT2D eigenvalue weighted by molar-refractivity contribution is 6.32. The topological polar surface area (TPSA) is 56.4 Å². The van der Waals surface area contributed by atoms with E-state index in [0.717, 1.165) is 5.56 Å². The Kier molecular flexibility index (Phi) is 3.40. The van der Waals surface area contributed by atoms with E-state index < -0.39 is 6.04 Å². The molecule has 2 N–H and O–H groups in total. The van der Waals surface area contributed by atoms with Gasteiger partial charge < -0.3 is 5.11 Å². The molecule has 2 aromatic carbocycles. The van der Waals surface area contributed by atoms with E-state index in [-0.39, 0.29) is 10.8 Å². The molecular formula is C13H11ClN2O. The van der Waals surface area contributed by atoms with Crippen molar-refractivity contribution in [2.45, 2.75) is 6.04 Å². The van der Waals surface area contributed by atoms with Crippen molar-refractivity contribution in [3.8, 4) is 5.75 Å². The fraction of sp³-hybridized carbons (Fsp3) is 0.0769. The van der Waals surface area contributed by atoms with Crippen LogP contribution in [0, 0.1) is 5.53 Å². The number of nitrogens with zero attached hydrogens (tertiary/aromatic N) is 1. The number of hydrogen-bond acceptors (Lipinski definition) is 3. The molecule has 0 saturated heterocycles. The SMILES string of the molecule is N=NC(c1ccccc1)c1cccc(O)c1Cl. The first kappa shape index (κ1) is 11.6. The fourth-order valence-corrected chi connectivity index (χ4v) is 1.94. The molecule has 4 heteroatoms. The Hall–Kier alpha value is -1.87. The number of aromatic hydroxyl groups is 1. The van der Waals surface area contributed by atoms with Gasteiger partial charge >= 0.3 is 0 Å². The number of phenolic OH excluding ortho intramolecular Hbond substituents is 1.